The lowest BCUT2D eigenvalue weighted by molar-refractivity contribution is 0.669. The normalized spacial score (nSPS) is 11.9. The van der Waals surface area contributed by atoms with Gasteiger partial charge in [-0.3, -0.25) is 0 Å². The third kappa shape index (κ3) is 4.87. The molecule has 0 atom stereocenters. The molecule has 0 aliphatic rings. The molecule has 8 aromatic carbocycles. The van der Waals surface area contributed by atoms with Crippen LogP contribution in [0.4, 0.5) is 0 Å². The van der Waals surface area contributed by atoms with Crippen LogP contribution in [0.25, 0.3) is 111 Å². The number of para-hydroxylation sites is 4. The van der Waals surface area contributed by atoms with Gasteiger partial charge in [0, 0.05) is 54.8 Å². The van der Waals surface area contributed by atoms with Crippen LogP contribution in [0.1, 0.15) is 0 Å². The Hall–Kier alpha value is -7.83. The summed E-state index contributed by atoms with van der Waals surface area (Å²) in [4.78, 5) is 15.0. The van der Waals surface area contributed by atoms with Gasteiger partial charge in [-0.1, -0.05) is 127 Å². The summed E-state index contributed by atoms with van der Waals surface area (Å²) in [7, 11) is 0. The quantitative estimate of drug-likeness (QED) is 0.177. The van der Waals surface area contributed by atoms with E-state index >= 15 is 0 Å². The van der Waals surface area contributed by atoms with E-state index in [1.165, 1.54) is 32.6 Å². The van der Waals surface area contributed by atoms with Crippen LogP contribution in [0.15, 0.2) is 192 Å². The molecular formula is C51H31N5O. The van der Waals surface area contributed by atoms with Gasteiger partial charge in [0.05, 0.1) is 27.6 Å². The lowest BCUT2D eigenvalue weighted by atomic mass is 10.1. The average molecular weight is 730 g/mol. The Morgan fingerprint density at radius 1 is 0.333 bits per heavy atom. The van der Waals surface area contributed by atoms with E-state index < -0.39 is 0 Å². The van der Waals surface area contributed by atoms with Crippen molar-refractivity contribution in [1.82, 2.24) is 24.1 Å². The molecule has 0 amide bonds. The van der Waals surface area contributed by atoms with Crippen molar-refractivity contribution in [2.24, 2.45) is 0 Å². The fourth-order valence-electron chi connectivity index (χ4n) is 8.59. The Labute approximate surface area is 326 Å². The van der Waals surface area contributed by atoms with E-state index in [2.05, 4.69) is 130 Å². The molecule has 12 rings (SSSR count). The molecule has 6 nitrogen and oxygen atoms in total. The Morgan fingerprint density at radius 2 is 0.842 bits per heavy atom. The average Bonchev–Trinajstić information content (AvgIpc) is 3.93. The number of hydrogen-bond acceptors (Lipinski definition) is 4. The summed E-state index contributed by atoms with van der Waals surface area (Å²) in [6.07, 6.45) is 0. The summed E-state index contributed by atoms with van der Waals surface area (Å²) in [6.45, 7) is 0. The highest BCUT2D eigenvalue weighted by Gasteiger charge is 2.21. The van der Waals surface area contributed by atoms with E-state index in [0.717, 1.165) is 61.0 Å². The molecule has 57 heavy (non-hydrogen) atoms. The van der Waals surface area contributed by atoms with Gasteiger partial charge in [0.15, 0.2) is 17.5 Å². The fraction of sp³-hybridized carbons (Fsp3) is 0. The SMILES string of the molecule is c1ccc(-c2nc(-c3ccccc3)nc(-c3cccc4c3oc3ccc(-n5c6ccccc6c6cc7c(cc65)c5ccccc5n7-c5ccccc5)cc34)n2)cc1. The topological polar surface area (TPSA) is 61.7 Å². The highest BCUT2D eigenvalue weighted by molar-refractivity contribution is 6.19. The Kier molecular flexibility index (Phi) is 6.83. The van der Waals surface area contributed by atoms with E-state index in [-0.39, 0.29) is 0 Å². The third-order valence-corrected chi connectivity index (χ3v) is 11.2. The second-order valence-corrected chi connectivity index (χ2v) is 14.4. The molecule has 6 heteroatoms. The summed E-state index contributed by atoms with van der Waals surface area (Å²) in [5, 5.41) is 6.88. The molecule has 4 heterocycles. The first kappa shape index (κ1) is 31.5. The second kappa shape index (κ2) is 12.3. The van der Waals surface area contributed by atoms with Crippen molar-refractivity contribution in [1.29, 1.82) is 0 Å². The Bertz CT molecular complexity index is 3450. The Morgan fingerprint density at radius 3 is 1.46 bits per heavy atom. The molecular weight excluding hydrogens is 699 g/mol. The van der Waals surface area contributed by atoms with Gasteiger partial charge in [-0.15, -0.1) is 0 Å². The van der Waals surface area contributed by atoms with Crippen LogP contribution in [0.5, 0.6) is 0 Å². The first-order valence-corrected chi connectivity index (χ1v) is 19.1. The number of nitrogens with zero attached hydrogens (tertiary/aromatic N) is 5. The number of hydrogen-bond donors (Lipinski definition) is 0. The minimum absolute atomic E-state index is 0.564. The van der Waals surface area contributed by atoms with Crippen molar-refractivity contribution in [3.05, 3.63) is 188 Å². The molecule has 0 saturated heterocycles. The zero-order valence-corrected chi connectivity index (χ0v) is 30.5. The number of aromatic nitrogens is 5. The monoisotopic (exact) mass is 729 g/mol. The van der Waals surface area contributed by atoms with Crippen molar-refractivity contribution in [2.45, 2.75) is 0 Å². The van der Waals surface area contributed by atoms with Gasteiger partial charge in [-0.05, 0) is 60.7 Å². The number of rotatable bonds is 5. The molecule has 0 aliphatic carbocycles. The van der Waals surface area contributed by atoms with E-state index in [9.17, 15) is 0 Å². The molecule has 0 spiro atoms. The highest BCUT2D eigenvalue weighted by Crippen LogP contribution is 2.41. The lowest BCUT2D eigenvalue weighted by Gasteiger charge is -2.09. The number of furan rings is 1. The van der Waals surface area contributed by atoms with Crippen LogP contribution in [0.2, 0.25) is 0 Å². The third-order valence-electron chi connectivity index (χ3n) is 11.2. The van der Waals surface area contributed by atoms with E-state index in [0.29, 0.717) is 17.5 Å². The van der Waals surface area contributed by atoms with Gasteiger partial charge in [0.25, 0.3) is 0 Å². The standard InChI is InChI=1S/C51H31N5O/c1-4-15-32(16-5-1)49-52-50(33-17-6-2-7-18-33)54-51(53-49)39-24-14-23-38-42-29-35(27-28-47(42)57-48(38)39)56-44-26-13-11-22-37(44)41-30-45-40(31-46(41)56)36-21-10-12-25-43(36)55(45)34-19-8-3-9-20-34/h1-31H. The number of fused-ring (bicyclic) bond motifs is 9. The second-order valence-electron chi connectivity index (χ2n) is 14.4. The van der Waals surface area contributed by atoms with E-state index in [1.54, 1.807) is 0 Å². The largest absolute Gasteiger partial charge is 0.455 e. The molecule has 0 saturated carbocycles. The summed E-state index contributed by atoms with van der Waals surface area (Å²) < 4.78 is 11.5. The van der Waals surface area contributed by atoms with Crippen LogP contribution >= 0.6 is 0 Å². The van der Waals surface area contributed by atoms with Crippen molar-refractivity contribution >= 4 is 65.6 Å². The van der Waals surface area contributed by atoms with Crippen molar-refractivity contribution in [3.8, 4) is 45.5 Å². The molecule has 266 valence electrons. The summed E-state index contributed by atoms with van der Waals surface area (Å²) >= 11 is 0. The molecule has 12 aromatic rings. The molecule has 0 aliphatic heterocycles. The lowest BCUT2D eigenvalue weighted by Crippen LogP contribution is -2.00. The summed E-state index contributed by atoms with van der Waals surface area (Å²) in [6, 6.07) is 65.6. The number of benzene rings is 8. The smallest absolute Gasteiger partial charge is 0.167 e. The maximum Gasteiger partial charge on any atom is 0.167 e. The predicted octanol–water partition coefficient (Wildman–Crippen LogP) is 13.0. The van der Waals surface area contributed by atoms with Crippen molar-refractivity contribution < 1.29 is 4.42 Å². The van der Waals surface area contributed by atoms with Crippen LogP contribution in [0.3, 0.4) is 0 Å². The van der Waals surface area contributed by atoms with Crippen LogP contribution in [-0.2, 0) is 0 Å². The minimum Gasteiger partial charge on any atom is -0.455 e. The molecule has 0 radical (unpaired) electrons. The van der Waals surface area contributed by atoms with Gasteiger partial charge in [0.2, 0.25) is 0 Å². The van der Waals surface area contributed by atoms with Crippen LogP contribution in [-0.4, -0.2) is 24.1 Å². The first-order chi connectivity index (χ1) is 28.3. The van der Waals surface area contributed by atoms with Gasteiger partial charge in [-0.2, -0.15) is 0 Å². The van der Waals surface area contributed by atoms with Gasteiger partial charge < -0.3 is 13.6 Å². The molecule has 0 fully saturated rings. The highest BCUT2D eigenvalue weighted by atomic mass is 16.3. The van der Waals surface area contributed by atoms with Gasteiger partial charge in [-0.25, -0.2) is 15.0 Å². The first-order valence-electron chi connectivity index (χ1n) is 19.1. The van der Waals surface area contributed by atoms with Crippen LogP contribution < -0.4 is 0 Å². The maximum absolute atomic E-state index is 6.71. The van der Waals surface area contributed by atoms with Crippen LogP contribution in [0, 0.1) is 0 Å². The van der Waals surface area contributed by atoms with Crippen molar-refractivity contribution in [3.63, 3.8) is 0 Å². The molecule has 0 bridgehead atoms. The van der Waals surface area contributed by atoms with Gasteiger partial charge in [0.1, 0.15) is 11.2 Å². The molecule has 4 aromatic heterocycles. The molecule has 0 unspecified atom stereocenters. The Balaban J connectivity index is 1.07. The summed E-state index contributed by atoms with van der Waals surface area (Å²) in [5.41, 5.74) is 11.1. The summed E-state index contributed by atoms with van der Waals surface area (Å²) in [5.74, 6) is 1.79. The zero-order valence-electron chi connectivity index (χ0n) is 30.5. The minimum atomic E-state index is 0.564. The molecule has 0 N–H and O–H groups in total. The van der Waals surface area contributed by atoms with Gasteiger partial charge >= 0.3 is 0 Å². The zero-order chi connectivity index (χ0) is 37.5. The fourth-order valence-corrected chi connectivity index (χ4v) is 8.59. The maximum atomic E-state index is 6.71. The van der Waals surface area contributed by atoms with E-state index in [4.69, 9.17) is 19.4 Å². The van der Waals surface area contributed by atoms with Crippen molar-refractivity contribution in [2.75, 3.05) is 0 Å². The van der Waals surface area contributed by atoms with E-state index in [1.807, 2.05) is 66.7 Å². The predicted molar refractivity (Wildman–Crippen MR) is 232 cm³/mol.